The standard InChI is InChI=1S/C30H33ClN2O5/c1-32-14-22-16-33(17-23(22)15-32)30(34)26-12-13-27(37-18-20-4-8-24(35-2)9-5-20)29(28(26)31)38-19-21-6-10-25(36-3)11-7-21/h4-13,22-23H,14-19H2,1-3H3. The molecule has 38 heavy (non-hydrogen) atoms. The molecule has 3 aromatic rings. The van der Waals surface area contributed by atoms with Crippen molar-refractivity contribution in [2.75, 3.05) is 47.4 Å². The number of benzene rings is 3. The van der Waals surface area contributed by atoms with Crippen LogP contribution in [0.25, 0.3) is 0 Å². The van der Waals surface area contributed by atoms with Crippen molar-refractivity contribution >= 4 is 17.5 Å². The molecule has 1 amide bonds. The van der Waals surface area contributed by atoms with Gasteiger partial charge in [0.05, 0.1) is 24.8 Å². The van der Waals surface area contributed by atoms with Gasteiger partial charge in [-0.1, -0.05) is 35.9 Å². The van der Waals surface area contributed by atoms with Gasteiger partial charge in [-0.3, -0.25) is 4.79 Å². The minimum atomic E-state index is -0.0666. The van der Waals surface area contributed by atoms with E-state index in [2.05, 4.69) is 11.9 Å². The van der Waals surface area contributed by atoms with Crippen LogP contribution in [0.1, 0.15) is 21.5 Å². The fourth-order valence-corrected chi connectivity index (χ4v) is 5.57. The first-order valence-electron chi connectivity index (χ1n) is 12.8. The lowest BCUT2D eigenvalue weighted by Crippen LogP contribution is -2.32. The second-order valence-electron chi connectivity index (χ2n) is 9.98. The molecule has 200 valence electrons. The lowest BCUT2D eigenvalue weighted by molar-refractivity contribution is 0.0775. The van der Waals surface area contributed by atoms with Gasteiger partial charge in [0.2, 0.25) is 0 Å². The van der Waals surface area contributed by atoms with E-state index in [-0.39, 0.29) is 17.5 Å². The number of carbonyl (C=O) groups excluding carboxylic acids is 1. The predicted molar refractivity (Wildman–Crippen MR) is 146 cm³/mol. The molecule has 2 unspecified atom stereocenters. The van der Waals surface area contributed by atoms with Gasteiger partial charge in [-0.25, -0.2) is 0 Å². The van der Waals surface area contributed by atoms with Crippen molar-refractivity contribution in [2.45, 2.75) is 13.2 Å². The number of carbonyl (C=O) groups is 1. The van der Waals surface area contributed by atoms with Crippen molar-refractivity contribution in [2.24, 2.45) is 11.8 Å². The van der Waals surface area contributed by atoms with Gasteiger partial charge in [0.1, 0.15) is 24.7 Å². The Morgan fingerprint density at radius 1 is 0.789 bits per heavy atom. The third-order valence-electron chi connectivity index (χ3n) is 7.34. The van der Waals surface area contributed by atoms with Gasteiger partial charge >= 0.3 is 0 Å². The van der Waals surface area contributed by atoms with E-state index in [9.17, 15) is 4.79 Å². The molecule has 0 bridgehead atoms. The number of rotatable bonds is 9. The van der Waals surface area contributed by atoms with Crippen molar-refractivity contribution in [1.82, 2.24) is 9.80 Å². The summed E-state index contributed by atoms with van der Waals surface area (Å²) in [5.41, 5.74) is 2.34. The number of ether oxygens (including phenoxy) is 4. The summed E-state index contributed by atoms with van der Waals surface area (Å²) in [6.45, 7) is 4.13. The number of likely N-dealkylation sites (tertiary alicyclic amines) is 2. The van der Waals surface area contributed by atoms with Crippen molar-refractivity contribution in [3.05, 3.63) is 82.4 Å². The number of halogens is 1. The molecule has 0 aliphatic carbocycles. The molecule has 2 aliphatic rings. The Bertz CT molecular complexity index is 1250. The number of hydrogen-bond acceptors (Lipinski definition) is 6. The second-order valence-corrected chi connectivity index (χ2v) is 10.4. The Hall–Kier alpha value is -3.42. The zero-order valence-corrected chi connectivity index (χ0v) is 22.7. The Morgan fingerprint density at radius 3 is 1.84 bits per heavy atom. The molecule has 0 saturated carbocycles. The Balaban J connectivity index is 1.37. The number of amides is 1. The maximum Gasteiger partial charge on any atom is 0.255 e. The molecule has 2 fully saturated rings. The van der Waals surface area contributed by atoms with Crippen LogP contribution in [0.2, 0.25) is 5.02 Å². The van der Waals surface area contributed by atoms with E-state index in [1.807, 2.05) is 53.4 Å². The normalized spacial score (nSPS) is 18.8. The molecule has 2 heterocycles. The van der Waals surface area contributed by atoms with E-state index in [4.69, 9.17) is 30.5 Å². The number of nitrogens with zero attached hydrogens (tertiary/aromatic N) is 2. The fraction of sp³-hybridized carbons (Fsp3) is 0.367. The van der Waals surface area contributed by atoms with Gasteiger partial charge in [-0.2, -0.15) is 0 Å². The lowest BCUT2D eigenvalue weighted by Gasteiger charge is -2.22. The molecule has 0 N–H and O–H groups in total. The zero-order valence-electron chi connectivity index (χ0n) is 22.0. The molecule has 0 aromatic heterocycles. The van der Waals surface area contributed by atoms with Crippen LogP contribution in [0.4, 0.5) is 0 Å². The highest BCUT2D eigenvalue weighted by Gasteiger charge is 2.41. The predicted octanol–water partition coefficient (Wildman–Crippen LogP) is 5.15. The monoisotopic (exact) mass is 536 g/mol. The molecule has 2 saturated heterocycles. The van der Waals surface area contributed by atoms with E-state index in [1.54, 1.807) is 26.4 Å². The first kappa shape index (κ1) is 26.2. The van der Waals surface area contributed by atoms with Crippen LogP contribution < -0.4 is 18.9 Å². The average Bonchev–Trinajstić information content (AvgIpc) is 3.49. The molecule has 2 aliphatic heterocycles. The topological polar surface area (TPSA) is 60.5 Å². The third kappa shape index (κ3) is 5.69. The maximum atomic E-state index is 13.5. The zero-order chi connectivity index (χ0) is 26.6. The van der Waals surface area contributed by atoms with E-state index >= 15 is 0 Å². The maximum absolute atomic E-state index is 13.5. The van der Waals surface area contributed by atoms with Crippen LogP contribution in [0.3, 0.4) is 0 Å². The lowest BCUT2D eigenvalue weighted by atomic mass is 10.0. The third-order valence-corrected chi connectivity index (χ3v) is 7.72. The summed E-state index contributed by atoms with van der Waals surface area (Å²) >= 11 is 6.87. The van der Waals surface area contributed by atoms with Gasteiger partial charge < -0.3 is 28.7 Å². The summed E-state index contributed by atoms with van der Waals surface area (Å²) in [5.74, 6) is 3.35. The first-order valence-corrected chi connectivity index (χ1v) is 13.1. The summed E-state index contributed by atoms with van der Waals surface area (Å²) in [6, 6.07) is 18.8. The molecule has 0 radical (unpaired) electrons. The average molecular weight is 537 g/mol. The largest absolute Gasteiger partial charge is 0.497 e. The first-order chi connectivity index (χ1) is 18.4. The van der Waals surface area contributed by atoms with Crippen LogP contribution in [-0.2, 0) is 13.2 Å². The molecule has 8 heteroatoms. The molecule has 3 aromatic carbocycles. The molecule has 7 nitrogen and oxygen atoms in total. The van der Waals surface area contributed by atoms with Crippen LogP contribution in [0, 0.1) is 11.8 Å². The number of fused-ring (bicyclic) bond motifs is 1. The smallest absolute Gasteiger partial charge is 0.255 e. The summed E-state index contributed by atoms with van der Waals surface area (Å²) in [4.78, 5) is 17.8. The van der Waals surface area contributed by atoms with Crippen molar-refractivity contribution in [1.29, 1.82) is 0 Å². The number of hydrogen-bond donors (Lipinski definition) is 0. The van der Waals surface area contributed by atoms with Crippen molar-refractivity contribution < 1.29 is 23.7 Å². The molecule has 0 spiro atoms. The van der Waals surface area contributed by atoms with E-state index in [0.29, 0.717) is 35.5 Å². The van der Waals surface area contributed by atoms with Crippen LogP contribution >= 0.6 is 11.6 Å². The Morgan fingerprint density at radius 2 is 1.32 bits per heavy atom. The minimum Gasteiger partial charge on any atom is -0.497 e. The van der Waals surface area contributed by atoms with Crippen LogP contribution in [0.5, 0.6) is 23.0 Å². The van der Waals surface area contributed by atoms with E-state index < -0.39 is 0 Å². The van der Waals surface area contributed by atoms with Gasteiger partial charge in [0.25, 0.3) is 5.91 Å². The van der Waals surface area contributed by atoms with Crippen LogP contribution in [0.15, 0.2) is 60.7 Å². The summed E-state index contributed by atoms with van der Waals surface area (Å²) in [7, 11) is 5.40. The molecular formula is C30H33ClN2O5. The van der Waals surface area contributed by atoms with E-state index in [0.717, 1.165) is 48.8 Å². The minimum absolute atomic E-state index is 0.0666. The summed E-state index contributed by atoms with van der Waals surface area (Å²) < 4.78 is 22.8. The second kappa shape index (κ2) is 11.5. The highest BCUT2D eigenvalue weighted by Crippen LogP contribution is 2.40. The fourth-order valence-electron chi connectivity index (χ4n) is 5.28. The van der Waals surface area contributed by atoms with Gasteiger partial charge in [0.15, 0.2) is 11.5 Å². The van der Waals surface area contributed by atoms with Crippen LogP contribution in [-0.4, -0.2) is 63.2 Å². The van der Waals surface area contributed by atoms with E-state index in [1.165, 1.54) is 0 Å². The summed E-state index contributed by atoms with van der Waals surface area (Å²) in [6.07, 6.45) is 0. The highest BCUT2D eigenvalue weighted by molar-refractivity contribution is 6.35. The van der Waals surface area contributed by atoms with Gasteiger partial charge in [0, 0.05) is 26.2 Å². The molecular weight excluding hydrogens is 504 g/mol. The summed E-state index contributed by atoms with van der Waals surface area (Å²) in [5, 5.41) is 0.268. The van der Waals surface area contributed by atoms with Gasteiger partial charge in [-0.15, -0.1) is 0 Å². The van der Waals surface area contributed by atoms with Crippen molar-refractivity contribution in [3.63, 3.8) is 0 Å². The SMILES string of the molecule is COc1ccc(COc2ccc(C(=O)N3CC4CN(C)CC4C3)c(Cl)c2OCc2ccc(OC)cc2)cc1. The highest BCUT2D eigenvalue weighted by atomic mass is 35.5. The number of methoxy groups -OCH3 is 2. The molecule has 5 rings (SSSR count). The van der Waals surface area contributed by atoms with Crippen molar-refractivity contribution in [3.8, 4) is 23.0 Å². The quantitative estimate of drug-likeness (QED) is 0.377. The Kier molecular flexibility index (Phi) is 7.95. The van der Waals surface area contributed by atoms with Gasteiger partial charge in [-0.05, 0) is 66.4 Å². The molecule has 2 atom stereocenters. The Labute approximate surface area is 228 Å².